The molecule has 0 spiro atoms. The van der Waals surface area contributed by atoms with Crippen molar-refractivity contribution in [2.75, 3.05) is 20.1 Å². The first-order chi connectivity index (χ1) is 16.2. The Morgan fingerprint density at radius 1 is 1.03 bits per heavy atom. The standard InChI is InChI=1S/C27H25N4OS/c1-30-13-10-20(11-14-30)18-31-15-12-24-25(31)17-29-27(22-6-8-23(33-32)9-7-22)26(24)21-4-2-19(16-28)3-5-21/h2-9,12,15,17,20H,10-11,13-14,18H2,1H3/q+1. The van der Waals surface area contributed by atoms with Gasteiger partial charge < -0.3 is 9.47 Å². The predicted octanol–water partition coefficient (Wildman–Crippen LogP) is 5.37. The van der Waals surface area contributed by atoms with Crippen LogP contribution in [0.3, 0.4) is 0 Å². The lowest BCUT2D eigenvalue weighted by Gasteiger charge is -2.29. The van der Waals surface area contributed by atoms with Crippen molar-refractivity contribution in [2.24, 2.45) is 5.92 Å². The molecule has 1 fully saturated rings. The molecule has 5 rings (SSSR count). The number of nitriles is 1. The fraction of sp³-hybridized carbons (Fsp3) is 0.259. The third-order valence-electron chi connectivity index (χ3n) is 6.65. The lowest BCUT2D eigenvalue weighted by molar-refractivity contribution is 0.206. The summed E-state index contributed by atoms with van der Waals surface area (Å²) in [6.45, 7) is 3.31. The molecule has 0 bridgehead atoms. The monoisotopic (exact) mass is 453 g/mol. The van der Waals surface area contributed by atoms with E-state index in [-0.39, 0.29) is 0 Å². The van der Waals surface area contributed by atoms with Crippen molar-refractivity contribution in [2.45, 2.75) is 24.3 Å². The summed E-state index contributed by atoms with van der Waals surface area (Å²) in [5, 5.41) is 10.4. The van der Waals surface area contributed by atoms with Gasteiger partial charge in [-0.2, -0.15) is 5.26 Å². The number of hydrogen-bond acceptors (Lipinski definition) is 4. The number of hydrogen-bond donors (Lipinski definition) is 0. The van der Waals surface area contributed by atoms with Crippen LogP contribution in [0.5, 0.6) is 0 Å². The summed E-state index contributed by atoms with van der Waals surface area (Å²) in [6.07, 6.45) is 6.59. The minimum Gasteiger partial charge on any atom is -0.346 e. The van der Waals surface area contributed by atoms with E-state index in [0.717, 1.165) is 52.9 Å². The quantitative estimate of drug-likeness (QED) is 0.381. The molecule has 33 heavy (non-hydrogen) atoms. The Morgan fingerprint density at radius 3 is 2.39 bits per heavy atom. The SMILES string of the molecule is CN1CCC(Cn2ccc3c(-c4ccc(C#N)cc4)c(-c4ccc([S+]=O)cc4)ncc32)CC1. The minimum atomic E-state index is 0.492. The number of rotatable bonds is 5. The van der Waals surface area contributed by atoms with Crippen LogP contribution in [0, 0.1) is 17.2 Å². The Bertz CT molecular complexity index is 1330. The molecule has 1 aliphatic rings. The van der Waals surface area contributed by atoms with Gasteiger partial charge in [0.25, 0.3) is 4.90 Å². The van der Waals surface area contributed by atoms with E-state index in [0.29, 0.717) is 28.0 Å². The number of fused-ring (bicyclic) bond motifs is 1. The van der Waals surface area contributed by atoms with Crippen molar-refractivity contribution >= 4 is 22.6 Å². The van der Waals surface area contributed by atoms with Gasteiger partial charge in [-0.3, -0.25) is 4.98 Å². The van der Waals surface area contributed by atoms with Gasteiger partial charge in [-0.15, -0.1) is 0 Å². The van der Waals surface area contributed by atoms with Crippen LogP contribution in [0.15, 0.2) is 71.9 Å². The average Bonchev–Trinajstić information content (AvgIpc) is 3.27. The Hall–Kier alpha value is -3.40. The van der Waals surface area contributed by atoms with Crippen molar-refractivity contribution in [1.29, 1.82) is 5.26 Å². The zero-order valence-corrected chi connectivity index (χ0v) is 19.4. The first kappa shape index (κ1) is 21.4. The number of likely N-dealkylation sites (tertiary alicyclic amines) is 1. The fourth-order valence-corrected chi connectivity index (χ4v) is 4.98. The highest BCUT2D eigenvalue weighted by molar-refractivity contribution is 7.65. The van der Waals surface area contributed by atoms with E-state index >= 15 is 0 Å². The molecule has 0 atom stereocenters. The van der Waals surface area contributed by atoms with Crippen molar-refractivity contribution in [1.82, 2.24) is 14.5 Å². The smallest absolute Gasteiger partial charge is 0.346 e. The molecule has 1 aliphatic heterocycles. The van der Waals surface area contributed by atoms with Gasteiger partial charge >= 0.3 is 11.7 Å². The summed E-state index contributed by atoms with van der Waals surface area (Å²) in [5.41, 5.74) is 5.70. The molecule has 0 aliphatic carbocycles. The van der Waals surface area contributed by atoms with E-state index < -0.39 is 0 Å². The second kappa shape index (κ2) is 9.22. The predicted molar refractivity (Wildman–Crippen MR) is 132 cm³/mol. The van der Waals surface area contributed by atoms with Crippen LogP contribution in [0.25, 0.3) is 33.3 Å². The first-order valence-corrected chi connectivity index (χ1v) is 12.0. The maximum absolute atomic E-state index is 11.2. The van der Waals surface area contributed by atoms with Gasteiger partial charge in [0, 0.05) is 45.6 Å². The molecule has 0 saturated carbocycles. The summed E-state index contributed by atoms with van der Waals surface area (Å²) < 4.78 is 13.5. The molecule has 2 aromatic heterocycles. The van der Waals surface area contributed by atoms with Crippen LogP contribution in [-0.2, 0) is 22.4 Å². The summed E-state index contributed by atoms with van der Waals surface area (Å²) in [7, 11) is 2.19. The van der Waals surface area contributed by atoms with E-state index in [1.54, 1.807) is 0 Å². The van der Waals surface area contributed by atoms with Crippen LogP contribution in [0.4, 0.5) is 0 Å². The molecule has 164 valence electrons. The van der Waals surface area contributed by atoms with Gasteiger partial charge in [0.2, 0.25) is 0 Å². The molecule has 0 amide bonds. The highest BCUT2D eigenvalue weighted by Gasteiger charge is 2.20. The van der Waals surface area contributed by atoms with Crippen LogP contribution < -0.4 is 0 Å². The van der Waals surface area contributed by atoms with Crippen molar-refractivity contribution in [3.63, 3.8) is 0 Å². The largest absolute Gasteiger partial charge is 0.505 e. The molecule has 0 N–H and O–H groups in total. The molecule has 4 aromatic rings. The Kier molecular flexibility index (Phi) is 5.99. The normalized spacial score (nSPS) is 14.9. The van der Waals surface area contributed by atoms with Gasteiger partial charge in [0.1, 0.15) is 0 Å². The molecule has 1 saturated heterocycles. The maximum atomic E-state index is 11.2. The maximum Gasteiger partial charge on any atom is 0.505 e. The number of pyridine rings is 1. The highest BCUT2D eigenvalue weighted by atomic mass is 32.1. The molecule has 5 nitrogen and oxygen atoms in total. The Balaban J connectivity index is 1.61. The van der Waals surface area contributed by atoms with Crippen LogP contribution in [0.2, 0.25) is 0 Å². The topological polar surface area (TPSA) is 61.9 Å². The first-order valence-electron chi connectivity index (χ1n) is 11.2. The third kappa shape index (κ3) is 4.30. The second-order valence-electron chi connectivity index (χ2n) is 8.79. The zero-order valence-electron chi connectivity index (χ0n) is 18.6. The zero-order chi connectivity index (χ0) is 22.8. The molecule has 3 heterocycles. The van der Waals surface area contributed by atoms with Gasteiger partial charge in [-0.05, 0) is 74.8 Å². The Labute approximate surface area is 197 Å². The molecule has 6 heteroatoms. The van der Waals surface area contributed by atoms with E-state index in [9.17, 15) is 9.47 Å². The number of piperidine rings is 1. The van der Waals surface area contributed by atoms with Crippen LogP contribution in [0.1, 0.15) is 18.4 Å². The minimum absolute atomic E-state index is 0.492. The van der Waals surface area contributed by atoms with Crippen molar-refractivity contribution in [3.8, 4) is 28.5 Å². The van der Waals surface area contributed by atoms with E-state index in [2.05, 4.69) is 34.8 Å². The number of benzene rings is 2. The van der Waals surface area contributed by atoms with Gasteiger partial charge in [-0.1, -0.05) is 12.1 Å². The Morgan fingerprint density at radius 2 is 1.73 bits per heavy atom. The van der Waals surface area contributed by atoms with Crippen molar-refractivity contribution in [3.05, 3.63) is 72.6 Å². The number of nitrogens with zero attached hydrogens (tertiary/aromatic N) is 4. The van der Waals surface area contributed by atoms with Gasteiger partial charge in [0.15, 0.2) is 0 Å². The van der Waals surface area contributed by atoms with E-state index in [4.69, 9.17) is 4.98 Å². The lowest BCUT2D eigenvalue weighted by atomic mass is 9.95. The summed E-state index contributed by atoms with van der Waals surface area (Å²) in [5.74, 6) is 0.673. The van der Waals surface area contributed by atoms with Crippen LogP contribution >= 0.6 is 0 Å². The summed E-state index contributed by atoms with van der Waals surface area (Å²) >= 11 is 0.492. The third-order valence-corrected chi connectivity index (χ3v) is 7.11. The molecule has 0 unspecified atom stereocenters. The summed E-state index contributed by atoms with van der Waals surface area (Å²) in [6, 6.07) is 19.7. The molecular formula is C27H25N4OS+. The second-order valence-corrected chi connectivity index (χ2v) is 9.43. The van der Waals surface area contributed by atoms with E-state index in [1.165, 1.54) is 12.8 Å². The van der Waals surface area contributed by atoms with Crippen LogP contribution in [-0.4, -0.2) is 34.6 Å². The summed E-state index contributed by atoms with van der Waals surface area (Å²) in [4.78, 5) is 8.00. The molecule has 2 aromatic carbocycles. The van der Waals surface area contributed by atoms with Gasteiger partial charge in [-0.25, -0.2) is 0 Å². The molecule has 0 radical (unpaired) electrons. The van der Waals surface area contributed by atoms with E-state index in [1.807, 2.05) is 54.7 Å². The average molecular weight is 454 g/mol. The molecular weight excluding hydrogens is 428 g/mol. The van der Waals surface area contributed by atoms with Gasteiger partial charge in [0.05, 0.1) is 29.0 Å². The lowest BCUT2D eigenvalue weighted by Crippen LogP contribution is -2.31. The fourth-order valence-electron chi connectivity index (χ4n) is 4.73. The highest BCUT2D eigenvalue weighted by Crippen LogP contribution is 2.37. The van der Waals surface area contributed by atoms with Crippen molar-refractivity contribution < 1.29 is 4.21 Å². The number of aromatic nitrogens is 2.